The molecular formula is C19H21ClN2O2. The number of hydrogen-bond acceptors (Lipinski definition) is 3. The molecule has 0 atom stereocenters. The highest BCUT2D eigenvalue weighted by atomic mass is 35.5. The first-order valence-corrected chi connectivity index (χ1v) is 8.53. The van der Waals surface area contributed by atoms with Crippen molar-refractivity contribution in [3.8, 4) is 5.75 Å². The number of carbonyl (C=O) groups is 1. The number of hydrogen-bond donors (Lipinski definition) is 1. The van der Waals surface area contributed by atoms with E-state index in [0.29, 0.717) is 10.8 Å². The van der Waals surface area contributed by atoms with Gasteiger partial charge in [0.15, 0.2) is 6.61 Å². The van der Waals surface area contributed by atoms with Crippen molar-refractivity contribution in [1.82, 2.24) is 0 Å². The third kappa shape index (κ3) is 4.20. The van der Waals surface area contributed by atoms with Crippen LogP contribution in [0.2, 0.25) is 5.02 Å². The minimum Gasteiger partial charge on any atom is -0.483 e. The molecule has 0 saturated carbocycles. The second-order valence-corrected chi connectivity index (χ2v) is 6.42. The van der Waals surface area contributed by atoms with E-state index in [-0.39, 0.29) is 12.5 Å². The molecule has 1 heterocycles. The van der Waals surface area contributed by atoms with Crippen molar-refractivity contribution in [2.75, 3.05) is 29.9 Å². The summed E-state index contributed by atoms with van der Waals surface area (Å²) >= 11 is 5.91. The van der Waals surface area contributed by atoms with E-state index in [9.17, 15) is 4.79 Å². The molecule has 0 bridgehead atoms. The number of amides is 1. The monoisotopic (exact) mass is 344 g/mol. The van der Waals surface area contributed by atoms with Crippen LogP contribution in [0.1, 0.15) is 18.4 Å². The Bertz CT molecular complexity index is 710. The summed E-state index contributed by atoms with van der Waals surface area (Å²) in [6.07, 6.45) is 2.50. The second kappa shape index (κ2) is 7.58. The molecular weight excluding hydrogens is 324 g/mol. The van der Waals surface area contributed by atoms with Crippen LogP contribution in [0.4, 0.5) is 11.4 Å². The van der Waals surface area contributed by atoms with Gasteiger partial charge >= 0.3 is 0 Å². The molecule has 5 heteroatoms. The summed E-state index contributed by atoms with van der Waals surface area (Å²) in [5.41, 5.74) is 2.89. The number of carbonyl (C=O) groups excluding carboxylic acids is 1. The minimum absolute atomic E-state index is 0.0314. The molecule has 0 spiro atoms. The summed E-state index contributed by atoms with van der Waals surface area (Å²) in [5, 5.41) is 3.51. The van der Waals surface area contributed by atoms with Crippen LogP contribution >= 0.6 is 11.6 Å². The Kier molecular flexibility index (Phi) is 5.26. The molecule has 24 heavy (non-hydrogen) atoms. The van der Waals surface area contributed by atoms with Gasteiger partial charge in [0.05, 0.1) is 0 Å². The van der Waals surface area contributed by atoms with Gasteiger partial charge in [-0.25, -0.2) is 0 Å². The lowest BCUT2D eigenvalue weighted by Crippen LogP contribution is -2.21. The Morgan fingerprint density at radius 2 is 1.88 bits per heavy atom. The van der Waals surface area contributed by atoms with Gasteiger partial charge in [-0.05, 0) is 67.8 Å². The molecule has 126 valence electrons. The predicted octanol–water partition coefficient (Wildman–Crippen LogP) is 4.27. The Labute approximate surface area is 147 Å². The smallest absolute Gasteiger partial charge is 0.262 e. The maximum absolute atomic E-state index is 12.0. The van der Waals surface area contributed by atoms with Crippen molar-refractivity contribution in [3.05, 3.63) is 53.1 Å². The lowest BCUT2D eigenvalue weighted by atomic mass is 10.2. The van der Waals surface area contributed by atoms with Gasteiger partial charge in [0, 0.05) is 29.5 Å². The average molecular weight is 345 g/mol. The molecule has 0 radical (unpaired) electrons. The van der Waals surface area contributed by atoms with Crippen LogP contribution in [0, 0.1) is 6.92 Å². The standard InChI is InChI=1S/C19H21ClN2O2/c1-14-12-15(20)4-9-18(14)24-13-19(23)21-16-5-7-17(8-6-16)22-10-2-3-11-22/h4-9,12H,2-3,10-11,13H2,1H3,(H,21,23). The van der Waals surface area contributed by atoms with E-state index < -0.39 is 0 Å². The van der Waals surface area contributed by atoms with Gasteiger partial charge in [0.2, 0.25) is 0 Å². The fraction of sp³-hybridized carbons (Fsp3) is 0.316. The van der Waals surface area contributed by atoms with Gasteiger partial charge in [-0.3, -0.25) is 4.79 Å². The van der Waals surface area contributed by atoms with E-state index >= 15 is 0 Å². The lowest BCUT2D eigenvalue weighted by Gasteiger charge is -2.17. The summed E-state index contributed by atoms with van der Waals surface area (Å²) in [7, 11) is 0. The first kappa shape index (κ1) is 16.7. The fourth-order valence-corrected chi connectivity index (χ4v) is 3.07. The van der Waals surface area contributed by atoms with Crippen LogP contribution in [-0.2, 0) is 4.79 Å². The van der Waals surface area contributed by atoms with E-state index in [4.69, 9.17) is 16.3 Å². The zero-order valence-electron chi connectivity index (χ0n) is 13.7. The quantitative estimate of drug-likeness (QED) is 0.880. The van der Waals surface area contributed by atoms with Crippen molar-refractivity contribution in [2.45, 2.75) is 19.8 Å². The van der Waals surface area contributed by atoms with E-state index in [1.165, 1.54) is 18.5 Å². The number of aryl methyl sites for hydroxylation is 1. The summed E-state index contributed by atoms with van der Waals surface area (Å²) in [6.45, 7) is 4.09. The summed E-state index contributed by atoms with van der Waals surface area (Å²) in [4.78, 5) is 14.4. The third-order valence-corrected chi connectivity index (χ3v) is 4.35. The van der Waals surface area contributed by atoms with Gasteiger partial charge in [0.1, 0.15) is 5.75 Å². The molecule has 2 aromatic carbocycles. The zero-order valence-corrected chi connectivity index (χ0v) is 14.5. The van der Waals surface area contributed by atoms with E-state index in [1.807, 2.05) is 37.3 Å². The van der Waals surface area contributed by atoms with E-state index in [0.717, 1.165) is 24.3 Å². The number of nitrogens with zero attached hydrogens (tertiary/aromatic N) is 1. The van der Waals surface area contributed by atoms with E-state index in [1.54, 1.807) is 12.1 Å². The first-order chi connectivity index (χ1) is 11.6. The molecule has 1 aliphatic rings. The Morgan fingerprint density at radius 3 is 2.54 bits per heavy atom. The maximum atomic E-state index is 12.0. The van der Waals surface area contributed by atoms with Crippen LogP contribution in [0.15, 0.2) is 42.5 Å². The summed E-state index contributed by atoms with van der Waals surface area (Å²) in [6, 6.07) is 13.3. The number of ether oxygens (including phenoxy) is 1. The van der Waals surface area contributed by atoms with Crippen molar-refractivity contribution >= 4 is 28.9 Å². The normalized spacial score (nSPS) is 13.8. The molecule has 0 unspecified atom stereocenters. The van der Waals surface area contributed by atoms with Crippen molar-refractivity contribution < 1.29 is 9.53 Å². The summed E-state index contributed by atoms with van der Waals surface area (Å²) in [5.74, 6) is 0.484. The molecule has 1 aliphatic heterocycles. The van der Waals surface area contributed by atoms with Crippen LogP contribution in [0.5, 0.6) is 5.75 Å². The highest BCUT2D eigenvalue weighted by molar-refractivity contribution is 6.30. The topological polar surface area (TPSA) is 41.6 Å². The molecule has 1 saturated heterocycles. The SMILES string of the molecule is Cc1cc(Cl)ccc1OCC(=O)Nc1ccc(N2CCCC2)cc1. The molecule has 1 fully saturated rings. The maximum Gasteiger partial charge on any atom is 0.262 e. The zero-order chi connectivity index (χ0) is 16.9. The summed E-state index contributed by atoms with van der Waals surface area (Å²) < 4.78 is 5.55. The molecule has 1 amide bonds. The Morgan fingerprint density at radius 1 is 1.17 bits per heavy atom. The highest BCUT2D eigenvalue weighted by Gasteiger charge is 2.12. The molecule has 3 rings (SSSR count). The van der Waals surface area contributed by atoms with E-state index in [2.05, 4.69) is 10.2 Å². The highest BCUT2D eigenvalue weighted by Crippen LogP contribution is 2.23. The third-order valence-electron chi connectivity index (χ3n) is 4.12. The number of rotatable bonds is 5. The van der Waals surface area contributed by atoms with Crippen molar-refractivity contribution in [3.63, 3.8) is 0 Å². The number of halogens is 1. The second-order valence-electron chi connectivity index (χ2n) is 5.99. The van der Waals surface area contributed by atoms with Gasteiger partial charge < -0.3 is 15.0 Å². The largest absolute Gasteiger partial charge is 0.483 e. The fourth-order valence-electron chi connectivity index (χ4n) is 2.85. The van der Waals surface area contributed by atoms with Crippen LogP contribution in [0.3, 0.4) is 0 Å². The predicted molar refractivity (Wildman–Crippen MR) is 98.2 cm³/mol. The van der Waals surface area contributed by atoms with Crippen molar-refractivity contribution in [2.24, 2.45) is 0 Å². The van der Waals surface area contributed by atoms with Crippen LogP contribution in [-0.4, -0.2) is 25.6 Å². The molecule has 0 aliphatic carbocycles. The van der Waals surface area contributed by atoms with Gasteiger partial charge in [-0.2, -0.15) is 0 Å². The van der Waals surface area contributed by atoms with Gasteiger partial charge in [0.25, 0.3) is 5.91 Å². The molecule has 4 nitrogen and oxygen atoms in total. The number of anilines is 2. The van der Waals surface area contributed by atoms with Gasteiger partial charge in [-0.15, -0.1) is 0 Å². The van der Waals surface area contributed by atoms with Gasteiger partial charge in [-0.1, -0.05) is 11.6 Å². The first-order valence-electron chi connectivity index (χ1n) is 8.15. The molecule has 1 N–H and O–H groups in total. The van der Waals surface area contributed by atoms with Crippen LogP contribution in [0.25, 0.3) is 0 Å². The average Bonchev–Trinajstić information content (AvgIpc) is 3.09. The molecule has 0 aromatic heterocycles. The van der Waals surface area contributed by atoms with Crippen molar-refractivity contribution in [1.29, 1.82) is 0 Å². The Hall–Kier alpha value is -2.20. The lowest BCUT2D eigenvalue weighted by molar-refractivity contribution is -0.118. The van der Waals surface area contributed by atoms with Crippen LogP contribution < -0.4 is 15.0 Å². The minimum atomic E-state index is -0.182. The number of nitrogens with one attached hydrogen (secondary N) is 1. The number of benzene rings is 2. The molecule has 2 aromatic rings. The Balaban J connectivity index is 1.52.